The number of ether oxygens (including phenoxy) is 4. The summed E-state index contributed by atoms with van der Waals surface area (Å²) in [6.45, 7) is 7.48. The van der Waals surface area contributed by atoms with E-state index in [1.165, 1.54) is 0 Å². The van der Waals surface area contributed by atoms with Crippen LogP contribution < -0.4 is 36.3 Å². The topological polar surface area (TPSA) is 156 Å². The molecule has 1 heterocycles. The molecule has 1 fully saturated rings. The molecule has 11 nitrogen and oxygen atoms in total. The number of esters is 1. The van der Waals surface area contributed by atoms with Gasteiger partial charge in [0.1, 0.15) is 24.6 Å². The van der Waals surface area contributed by atoms with Crippen LogP contribution in [0.15, 0.2) is 24.3 Å². The predicted molar refractivity (Wildman–Crippen MR) is 165 cm³/mol. The number of carbonyl (C=O) groups is 1. The number of methoxy groups -OCH3 is 2. The highest BCUT2D eigenvalue weighted by molar-refractivity contribution is 5.92. The summed E-state index contributed by atoms with van der Waals surface area (Å²) in [5, 5.41) is 7.55. The van der Waals surface area contributed by atoms with Crippen molar-refractivity contribution in [3.05, 3.63) is 35.4 Å². The molecule has 4 rings (SSSR count). The third-order valence-corrected chi connectivity index (χ3v) is 7.54. The van der Waals surface area contributed by atoms with Gasteiger partial charge in [0.25, 0.3) is 0 Å². The zero-order chi connectivity index (χ0) is 30.2. The van der Waals surface area contributed by atoms with Gasteiger partial charge in [-0.15, -0.1) is 0 Å². The number of nitrogens with zero attached hydrogens (tertiary/aromatic N) is 2. The molecule has 3 aromatic rings. The van der Waals surface area contributed by atoms with Gasteiger partial charge in [-0.3, -0.25) is 4.79 Å². The number of aromatic nitrogens is 2. The van der Waals surface area contributed by atoms with Gasteiger partial charge in [-0.25, -0.2) is 4.98 Å². The molecule has 1 atom stereocenters. The highest BCUT2D eigenvalue weighted by Gasteiger charge is 2.26. The van der Waals surface area contributed by atoms with Gasteiger partial charge >= 0.3 is 5.97 Å². The summed E-state index contributed by atoms with van der Waals surface area (Å²) >= 11 is 0. The van der Waals surface area contributed by atoms with Gasteiger partial charge < -0.3 is 41.0 Å². The lowest BCUT2D eigenvalue weighted by atomic mass is 10.0. The number of nitrogen functional groups attached to an aromatic ring is 2. The first-order valence-electron chi connectivity index (χ1n) is 14.6. The quantitative estimate of drug-likeness (QED) is 0.156. The second kappa shape index (κ2) is 14.3. The minimum Gasteiger partial charge on any atom is -0.493 e. The van der Waals surface area contributed by atoms with Crippen molar-refractivity contribution in [1.29, 1.82) is 0 Å². The highest BCUT2D eigenvalue weighted by atomic mass is 16.5. The van der Waals surface area contributed by atoms with Crippen LogP contribution in [-0.4, -0.2) is 55.5 Å². The van der Waals surface area contributed by atoms with Gasteiger partial charge in [0.2, 0.25) is 11.7 Å². The van der Waals surface area contributed by atoms with E-state index in [1.807, 2.05) is 31.2 Å². The van der Waals surface area contributed by atoms with Crippen LogP contribution in [0.5, 0.6) is 17.2 Å². The number of aryl methyl sites for hydroxylation is 1. The van der Waals surface area contributed by atoms with Crippen LogP contribution in [0.25, 0.3) is 10.9 Å². The number of fused-ring (bicyclic) bond motifs is 1. The second-order valence-corrected chi connectivity index (χ2v) is 11.1. The Bertz CT molecular complexity index is 1350. The summed E-state index contributed by atoms with van der Waals surface area (Å²) in [6.07, 6.45) is 4.89. The Balaban J connectivity index is 1.39. The fraction of sp³-hybridized carbons (Fsp3) is 0.516. The maximum atomic E-state index is 12.8. The molecule has 0 unspecified atom stereocenters. The van der Waals surface area contributed by atoms with Gasteiger partial charge in [-0.2, -0.15) is 4.98 Å². The van der Waals surface area contributed by atoms with Gasteiger partial charge in [0.05, 0.1) is 19.7 Å². The summed E-state index contributed by atoms with van der Waals surface area (Å²) in [6, 6.07) is 7.23. The summed E-state index contributed by atoms with van der Waals surface area (Å²) < 4.78 is 23.2. The van der Waals surface area contributed by atoms with E-state index >= 15 is 0 Å². The van der Waals surface area contributed by atoms with Crippen molar-refractivity contribution in [2.75, 3.05) is 44.2 Å². The molecule has 0 spiro atoms. The van der Waals surface area contributed by atoms with E-state index in [0.717, 1.165) is 47.9 Å². The average molecular weight is 581 g/mol. The largest absolute Gasteiger partial charge is 0.493 e. The van der Waals surface area contributed by atoms with Crippen molar-refractivity contribution < 1.29 is 23.7 Å². The van der Waals surface area contributed by atoms with Crippen LogP contribution in [0.1, 0.15) is 57.1 Å². The van der Waals surface area contributed by atoms with Crippen LogP contribution in [0.2, 0.25) is 0 Å². The predicted octanol–water partition coefficient (Wildman–Crippen LogP) is 4.60. The van der Waals surface area contributed by atoms with E-state index in [9.17, 15) is 4.79 Å². The molecule has 0 amide bonds. The summed E-state index contributed by atoms with van der Waals surface area (Å²) in [4.78, 5) is 21.2. The Hall–Kier alpha value is -3.99. The molecule has 1 saturated carbocycles. The van der Waals surface area contributed by atoms with E-state index in [-0.39, 0.29) is 24.1 Å². The number of anilines is 3. The number of benzene rings is 2. The Morgan fingerprint density at radius 3 is 2.40 bits per heavy atom. The molecule has 1 aliphatic rings. The maximum Gasteiger partial charge on any atom is 0.323 e. The first-order chi connectivity index (χ1) is 20.2. The lowest BCUT2D eigenvalue weighted by molar-refractivity contribution is -0.151. The average Bonchev–Trinajstić information content (AvgIpc) is 3.46. The maximum absolute atomic E-state index is 12.8. The SMILES string of the molecule is COc1cc(NCc2ccc3nc(N)nc(N)c3c2C)cc(OC)c1OCCN[C@@H](CC(C)C)C(=O)OC1CCCC1. The molecule has 42 heavy (non-hydrogen) atoms. The fourth-order valence-corrected chi connectivity index (χ4v) is 5.37. The van der Waals surface area contributed by atoms with Crippen LogP contribution in [0.4, 0.5) is 17.5 Å². The fourth-order valence-electron chi connectivity index (χ4n) is 5.37. The molecule has 6 N–H and O–H groups in total. The lowest BCUT2D eigenvalue weighted by Crippen LogP contribution is -2.42. The molecule has 0 aliphatic heterocycles. The molecule has 0 radical (unpaired) electrons. The molecular formula is C31H44N6O5. The van der Waals surface area contributed by atoms with Crippen LogP contribution in [0, 0.1) is 12.8 Å². The van der Waals surface area contributed by atoms with E-state index in [4.69, 9.17) is 30.4 Å². The van der Waals surface area contributed by atoms with Crippen molar-refractivity contribution in [2.45, 2.75) is 71.6 Å². The minimum absolute atomic E-state index is 0.0440. The lowest BCUT2D eigenvalue weighted by Gasteiger charge is -2.22. The number of rotatable bonds is 14. The van der Waals surface area contributed by atoms with Crippen molar-refractivity contribution in [2.24, 2.45) is 5.92 Å². The first kappa shape index (κ1) is 31.0. The van der Waals surface area contributed by atoms with Gasteiger partial charge in [0.15, 0.2) is 11.5 Å². The van der Waals surface area contributed by atoms with E-state index < -0.39 is 0 Å². The third-order valence-electron chi connectivity index (χ3n) is 7.54. The van der Waals surface area contributed by atoms with E-state index in [2.05, 4.69) is 34.4 Å². The zero-order valence-electron chi connectivity index (χ0n) is 25.3. The molecule has 1 aromatic heterocycles. The molecule has 1 aliphatic carbocycles. The van der Waals surface area contributed by atoms with Crippen LogP contribution in [-0.2, 0) is 16.1 Å². The zero-order valence-corrected chi connectivity index (χ0v) is 25.3. The summed E-state index contributed by atoms with van der Waals surface area (Å²) in [5.41, 5.74) is 15.4. The molecule has 11 heteroatoms. The van der Waals surface area contributed by atoms with Crippen molar-refractivity contribution in [1.82, 2.24) is 15.3 Å². The number of nitrogens with two attached hydrogens (primary N) is 2. The molecule has 0 bridgehead atoms. The second-order valence-electron chi connectivity index (χ2n) is 11.1. The Morgan fingerprint density at radius 1 is 1.07 bits per heavy atom. The third kappa shape index (κ3) is 7.64. The monoisotopic (exact) mass is 580 g/mol. The standard InChI is InChI=1S/C31H44N6O5/c1-18(2)14-24(30(38)42-22-8-6-7-9-22)34-12-13-41-28-25(39-4)15-21(16-26(28)40-5)35-17-20-10-11-23-27(19(20)3)29(32)37-31(33)36-23/h10-11,15-16,18,22,24,34-35H,6-9,12-14,17H2,1-5H3,(H4,32,33,36,37)/t24-/m0/s1. The summed E-state index contributed by atoms with van der Waals surface area (Å²) in [5.74, 6) is 2.23. The molecule has 2 aromatic carbocycles. The first-order valence-corrected chi connectivity index (χ1v) is 14.6. The van der Waals surface area contributed by atoms with Crippen molar-refractivity contribution in [3.63, 3.8) is 0 Å². The summed E-state index contributed by atoms with van der Waals surface area (Å²) in [7, 11) is 3.17. The smallest absolute Gasteiger partial charge is 0.323 e. The minimum atomic E-state index is -0.373. The van der Waals surface area contributed by atoms with Crippen LogP contribution >= 0.6 is 0 Å². The Kier molecular flexibility index (Phi) is 10.5. The van der Waals surface area contributed by atoms with E-state index in [0.29, 0.717) is 60.6 Å². The highest BCUT2D eigenvalue weighted by Crippen LogP contribution is 2.40. The molecule has 0 saturated heterocycles. The van der Waals surface area contributed by atoms with Gasteiger partial charge in [-0.1, -0.05) is 19.9 Å². The number of nitrogens with one attached hydrogen (secondary N) is 2. The normalized spacial score (nSPS) is 14.2. The molecule has 228 valence electrons. The Morgan fingerprint density at radius 2 is 1.76 bits per heavy atom. The number of hydrogen-bond acceptors (Lipinski definition) is 11. The molecular weight excluding hydrogens is 536 g/mol. The van der Waals surface area contributed by atoms with Crippen molar-refractivity contribution >= 4 is 34.3 Å². The van der Waals surface area contributed by atoms with Crippen LogP contribution in [0.3, 0.4) is 0 Å². The Labute approximate surface area is 247 Å². The van der Waals surface area contributed by atoms with Gasteiger partial charge in [0, 0.05) is 36.3 Å². The number of hydrogen-bond donors (Lipinski definition) is 4. The van der Waals surface area contributed by atoms with E-state index in [1.54, 1.807) is 14.2 Å². The van der Waals surface area contributed by atoms with Crippen molar-refractivity contribution in [3.8, 4) is 17.2 Å². The number of carbonyl (C=O) groups excluding carboxylic acids is 1. The van der Waals surface area contributed by atoms with Gasteiger partial charge in [-0.05, 0) is 62.1 Å².